The van der Waals surface area contributed by atoms with Gasteiger partial charge in [0.2, 0.25) is 0 Å². The molecule has 0 amide bonds. The highest BCUT2D eigenvalue weighted by atomic mass is 16.4. The Kier molecular flexibility index (Phi) is 2.91. The number of hydrogen-bond acceptors (Lipinski definition) is 2. The van der Waals surface area contributed by atoms with Crippen LogP contribution in [0.2, 0.25) is 0 Å². The van der Waals surface area contributed by atoms with Gasteiger partial charge < -0.3 is 5.11 Å². The normalized spacial score (nSPS) is 10.2. The standard InChI is InChI=1S/C14H13NO2/c1-9-4-3-5-12(10(9)2)13-7-6-11(8-15-13)14(16)17/h3-8H,1-2H3,(H,16,17). The van der Waals surface area contributed by atoms with Gasteiger partial charge in [-0.15, -0.1) is 0 Å². The van der Waals surface area contributed by atoms with Crippen LogP contribution < -0.4 is 0 Å². The smallest absolute Gasteiger partial charge is 0.337 e. The van der Waals surface area contributed by atoms with Gasteiger partial charge in [-0.1, -0.05) is 18.2 Å². The summed E-state index contributed by atoms with van der Waals surface area (Å²) in [4.78, 5) is 14.9. The quantitative estimate of drug-likeness (QED) is 0.857. The number of carboxylic acid groups (broad SMARTS) is 1. The van der Waals surface area contributed by atoms with Crippen LogP contribution in [0.25, 0.3) is 11.3 Å². The molecule has 0 fully saturated rings. The molecule has 1 aromatic heterocycles. The maximum Gasteiger partial charge on any atom is 0.337 e. The number of pyridine rings is 1. The zero-order valence-electron chi connectivity index (χ0n) is 9.77. The molecule has 0 atom stereocenters. The molecule has 1 aromatic carbocycles. The monoisotopic (exact) mass is 227 g/mol. The Bertz CT molecular complexity index is 559. The van der Waals surface area contributed by atoms with Crippen molar-refractivity contribution in [3.05, 3.63) is 53.2 Å². The molecule has 0 spiro atoms. The van der Waals surface area contributed by atoms with E-state index in [9.17, 15) is 4.79 Å². The Morgan fingerprint density at radius 2 is 1.94 bits per heavy atom. The number of nitrogens with zero attached hydrogens (tertiary/aromatic N) is 1. The third-order valence-corrected chi connectivity index (χ3v) is 2.89. The van der Waals surface area contributed by atoms with Gasteiger partial charge in [0.15, 0.2) is 0 Å². The highest BCUT2D eigenvalue weighted by molar-refractivity contribution is 5.87. The van der Waals surface area contributed by atoms with E-state index < -0.39 is 5.97 Å². The van der Waals surface area contributed by atoms with Crippen molar-refractivity contribution in [2.75, 3.05) is 0 Å². The third kappa shape index (κ3) is 2.18. The zero-order valence-corrected chi connectivity index (χ0v) is 9.77. The fraction of sp³-hybridized carbons (Fsp3) is 0.143. The van der Waals surface area contributed by atoms with Crippen molar-refractivity contribution < 1.29 is 9.90 Å². The first-order valence-electron chi connectivity index (χ1n) is 5.35. The molecule has 0 bridgehead atoms. The summed E-state index contributed by atoms with van der Waals surface area (Å²) in [6.07, 6.45) is 1.39. The summed E-state index contributed by atoms with van der Waals surface area (Å²) in [6.45, 7) is 4.09. The molecule has 0 aliphatic heterocycles. The second-order valence-corrected chi connectivity index (χ2v) is 3.98. The van der Waals surface area contributed by atoms with E-state index in [0.717, 1.165) is 11.3 Å². The van der Waals surface area contributed by atoms with Crippen LogP contribution in [0.3, 0.4) is 0 Å². The summed E-state index contributed by atoms with van der Waals surface area (Å²) in [5.41, 5.74) is 4.42. The molecular weight excluding hydrogens is 214 g/mol. The van der Waals surface area contributed by atoms with E-state index in [4.69, 9.17) is 5.11 Å². The highest BCUT2D eigenvalue weighted by Gasteiger charge is 2.07. The minimum Gasteiger partial charge on any atom is -0.478 e. The summed E-state index contributed by atoms with van der Waals surface area (Å²) in [7, 11) is 0. The molecule has 0 aliphatic rings. The summed E-state index contributed by atoms with van der Waals surface area (Å²) >= 11 is 0. The lowest BCUT2D eigenvalue weighted by Crippen LogP contribution is -1.97. The fourth-order valence-corrected chi connectivity index (χ4v) is 1.71. The Balaban J connectivity index is 2.47. The van der Waals surface area contributed by atoms with Crippen LogP contribution in [-0.2, 0) is 0 Å². The van der Waals surface area contributed by atoms with Crippen LogP contribution >= 0.6 is 0 Å². The van der Waals surface area contributed by atoms with Crippen molar-refractivity contribution >= 4 is 5.97 Å². The fourth-order valence-electron chi connectivity index (χ4n) is 1.71. The van der Waals surface area contributed by atoms with Crippen molar-refractivity contribution in [1.29, 1.82) is 0 Å². The van der Waals surface area contributed by atoms with E-state index in [0.29, 0.717) is 0 Å². The van der Waals surface area contributed by atoms with Gasteiger partial charge in [-0.25, -0.2) is 4.79 Å². The van der Waals surface area contributed by atoms with Crippen LogP contribution in [-0.4, -0.2) is 16.1 Å². The first-order valence-corrected chi connectivity index (χ1v) is 5.35. The molecule has 0 saturated carbocycles. The van der Waals surface area contributed by atoms with Gasteiger partial charge in [-0.3, -0.25) is 4.98 Å². The number of aromatic carboxylic acids is 1. The molecule has 17 heavy (non-hydrogen) atoms. The minimum absolute atomic E-state index is 0.207. The molecule has 0 saturated heterocycles. The third-order valence-electron chi connectivity index (χ3n) is 2.89. The van der Waals surface area contributed by atoms with E-state index in [-0.39, 0.29) is 5.56 Å². The van der Waals surface area contributed by atoms with Gasteiger partial charge in [0, 0.05) is 11.8 Å². The molecule has 0 aliphatic carbocycles. The number of carboxylic acids is 1. The summed E-state index contributed by atoms with van der Waals surface area (Å²) in [5.74, 6) is -0.954. The van der Waals surface area contributed by atoms with E-state index >= 15 is 0 Å². The van der Waals surface area contributed by atoms with Gasteiger partial charge in [0.1, 0.15) is 0 Å². The number of hydrogen-bond donors (Lipinski definition) is 1. The number of rotatable bonds is 2. The van der Waals surface area contributed by atoms with Crippen molar-refractivity contribution in [1.82, 2.24) is 4.98 Å². The van der Waals surface area contributed by atoms with Crippen LogP contribution in [0.5, 0.6) is 0 Å². The second-order valence-electron chi connectivity index (χ2n) is 3.98. The van der Waals surface area contributed by atoms with E-state index in [2.05, 4.69) is 4.98 Å². The largest absolute Gasteiger partial charge is 0.478 e. The average Bonchev–Trinajstić information content (AvgIpc) is 2.33. The van der Waals surface area contributed by atoms with Gasteiger partial charge in [0.25, 0.3) is 0 Å². The first kappa shape index (κ1) is 11.3. The minimum atomic E-state index is -0.954. The van der Waals surface area contributed by atoms with Gasteiger partial charge >= 0.3 is 5.97 Å². The van der Waals surface area contributed by atoms with Crippen LogP contribution in [0, 0.1) is 13.8 Å². The zero-order chi connectivity index (χ0) is 12.4. The van der Waals surface area contributed by atoms with Gasteiger partial charge in [-0.05, 0) is 37.1 Å². The van der Waals surface area contributed by atoms with Gasteiger partial charge in [-0.2, -0.15) is 0 Å². The Morgan fingerprint density at radius 1 is 1.18 bits per heavy atom. The van der Waals surface area contributed by atoms with E-state index in [1.165, 1.54) is 17.3 Å². The van der Waals surface area contributed by atoms with Crippen LogP contribution in [0.15, 0.2) is 36.5 Å². The average molecular weight is 227 g/mol. The first-order chi connectivity index (χ1) is 8.09. The van der Waals surface area contributed by atoms with Crippen molar-refractivity contribution in [3.63, 3.8) is 0 Å². The molecule has 2 aromatic rings. The SMILES string of the molecule is Cc1cccc(-c2ccc(C(=O)O)cn2)c1C. The maximum absolute atomic E-state index is 10.7. The van der Waals surface area contributed by atoms with Gasteiger partial charge in [0.05, 0.1) is 11.3 Å². The molecule has 3 heteroatoms. The van der Waals surface area contributed by atoms with E-state index in [1.807, 2.05) is 32.0 Å². The molecule has 0 radical (unpaired) electrons. The summed E-state index contributed by atoms with van der Waals surface area (Å²) in [5, 5.41) is 8.80. The van der Waals surface area contributed by atoms with E-state index in [1.54, 1.807) is 12.1 Å². The summed E-state index contributed by atoms with van der Waals surface area (Å²) in [6, 6.07) is 9.33. The molecule has 0 unspecified atom stereocenters. The van der Waals surface area contributed by atoms with Crippen molar-refractivity contribution in [2.24, 2.45) is 0 Å². The lowest BCUT2D eigenvalue weighted by molar-refractivity contribution is 0.0696. The number of aromatic nitrogens is 1. The Labute approximate surface area is 99.8 Å². The second kappa shape index (κ2) is 4.37. The lowest BCUT2D eigenvalue weighted by Gasteiger charge is -2.07. The summed E-state index contributed by atoms with van der Waals surface area (Å²) < 4.78 is 0. The number of aryl methyl sites for hydroxylation is 1. The molecule has 1 heterocycles. The van der Waals surface area contributed by atoms with Crippen LogP contribution in [0.4, 0.5) is 0 Å². The Morgan fingerprint density at radius 3 is 2.53 bits per heavy atom. The molecular formula is C14H13NO2. The number of carbonyl (C=O) groups is 1. The predicted octanol–water partition coefficient (Wildman–Crippen LogP) is 3.06. The van der Waals surface area contributed by atoms with Crippen LogP contribution in [0.1, 0.15) is 21.5 Å². The molecule has 86 valence electrons. The molecule has 3 nitrogen and oxygen atoms in total. The topological polar surface area (TPSA) is 50.2 Å². The highest BCUT2D eigenvalue weighted by Crippen LogP contribution is 2.23. The van der Waals surface area contributed by atoms with Crippen molar-refractivity contribution in [2.45, 2.75) is 13.8 Å². The lowest BCUT2D eigenvalue weighted by atomic mass is 10.0. The van der Waals surface area contributed by atoms with Crippen molar-refractivity contribution in [3.8, 4) is 11.3 Å². The predicted molar refractivity (Wildman–Crippen MR) is 66.1 cm³/mol. The number of benzene rings is 1. The maximum atomic E-state index is 10.7. The Hall–Kier alpha value is -2.16. The molecule has 2 rings (SSSR count). The molecule has 1 N–H and O–H groups in total.